The predicted octanol–water partition coefficient (Wildman–Crippen LogP) is 0.968. The van der Waals surface area contributed by atoms with Crippen molar-refractivity contribution < 1.29 is 31.5 Å². The van der Waals surface area contributed by atoms with Crippen LogP contribution in [0.2, 0.25) is 0 Å². The van der Waals surface area contributed by atoms with Crippen LogP contribution in [0, 0.1) is 0 Å². The molecule has 12 heteroatoms. The van der Waals surface area contributed by atoms with Crippen LogP contribution >= 0.6 is 0 Å². The first-order chi connectivity index (χ1) is 16.0. The van der Waals surface area contributed by atoms with Crippen LogP contribution in [0.5, 0.6) is 0 Å². The van der Waals surface area contributed by atoms with Crippen molar-refractivity contribution in [1.29, 1.82) is 0 Å². The Morgan fingerprint density at radius 2 is 1.50 bits per heavy atom. The Balaban J connectivity index is 1.68. The third-order valence-electron chi connectivity index (χ3n) is 4.99. The molecule has 3 aromatic carbocycles. The summed E-state index contributed by atoms with van der Waals surface area (Å²) < 4.78 is 50.5. The summed E-state index contributed by atoms with van der Waals surface area (Å²) in [5.74, 6) is -2.15. The van der Waals surface area contributed by atoms with E-state index in [0.717, 1.165) is 5.39 Å². The maximum atomic E-state index is 12.8. The minimum absolute atomic E-state index is 0.0510. The van der Waals surface area contributed by atoms with Gasteiger partial charge in [0.25, 0.3) is 0 Å². The number of hydrogen-bond acceptors (Lipinski definition) is 6. The Hall–Kier alpha value is -3.32. The Kier molecular flexibility index (Phi) is 7.67. The summed E-state index contributed by atoms with van der Waals surface area (Å²) >= 11 is 0. The zero-order valence-corrected chi connectivity index (χ0v) is 19.5. The normalized spacial score (nSPS) is 12.9. The van der Waals surface area contributed by atoms with Gasteiger partial charge in [0.1, 0.15) is 6.04 Å². The standard InChI is InChI=1S/C22H23N3O7S2/c23-33(29,30)18-8-5-15(6-9-18)11-12-24-22(28)20(14-21(26)27)25-34(31,32)19-10-7-16-3-1-2-4-17(16)13-19/h1-10,13,20,25H,11-12,14H2,(H,24,28)(H,26,27)(H2,23,29,30)/t20-/m0/s1. The molecule has 10 nitrogen and oxygen atoms in total. The quantitative estimate of drug-likeness (QED) is 0.318. The first-order valence-electron chi connectivity index (χ1n) is 10.1. The summed E-state index contributed by atoms with van der Waals surface area (Å²) in [5.41, 5.74) is 0.694. The zero-order chi connectivity index (χ0) is 24.9. The van der Waals surface area contributed by atoms with Crippen LogP contribution in [-0.2, 0) is 36.1 Å². The lowest BCUT2D eigenvalue weighted by molar-refractivity contribution is -0.139. The number of nitrogens with one attached hydrogen (secondary N) is 2. The molecule has 0 bridgehead atoms. The number of nitrogens with two attached hydrogens (primary N) is 1. The second-order valence-electron chi connectivity index (χ2n) is 7.51. The molecule has 1 atom stereocenters. The molecule has 0 aliphatic rings. The third-order valence-corrected chi connectivity index (χ3v) is 7.39. The van der Waals surface area contributed by atoms with Gasteiger partial charge in [0, 0.05) is 6.54 Å². The van der Waals surface area contributed by atoms with Crippen molar-refractivity contribution in [3.8, 4) is 0 Å². The summed E-state index contributed by atoms with van der Waals surface area (Å²) in [6.07, 6.45) is -0.449. The first kappa shape index (κ1) is 25.3. The molecule has 0 radical (unpaired) electrons. The van der Waals surface area contributed by atoms with Gasteiger partial charge in [-0.1, -0.05) is 42.5 Å². The highest BCUT2D eigenvalue weighted by Gasteiger charge is 2.28. The molecule has 1 amide bonds. The van der Waals surface area contributed by atoms with E-state index in [1.165, 1.54) is 36.4 Å². The fourth-order valence-electron chi connectivity index (χ4n) is 3.25. The summed E-state index contributed by atoms with van der Waals surface area (Å²) in [7, 11) is -8.00. The molecule has 0 aliphatic heterocycles. The molecule has 0 heterocycles. The van der Waals surface area contributed by atoms with E-state index < -0.39 is 44.4 Å². The molecule has 3 aromatic rings. The smallest absolute Gasteiger partial charge is 0.305 e. The van der Waals surface area contributed by atoms with Crippen LogP contribution in [0.3, 0.4) is 0 Å². The van der Waals surface area contributed by atoms with Crippen LogP contribution in [0.4, 0.5) is 0 Å². The average molecular weight is 506 g/mol. The highest BCUT2D eigenvalue weighted by atomic mass is 32.2. The molecule has 3 rings (SSSR count). The Labute approximate surface area is 196 Å². The predicted molar refractivity (Wildman–Crippen MR) is 125 cm³/mol. The number of carbonyl (C=O) groups excluding carboxylic acids is 1. The molecule has 0 fully saturated rings. The largest absolute Gasteiger partial charge is 0.481 e. The van der Waals surface area contributed by atoms with Crippen molar-refractivity contribution in [2.45, 2.75) is 28.7 Å². The lowest BCUT2D eigenvalue weighted by atomic mass is 10.1. The molecular formula is C22H23N3O7S2. The van der Waals surface area contributed by atoms with Gasteiger partial charge >= 0.3 is 5.97 Å². The van der Waals surface area contributed by atoms with Crippen molar-refractivity contribution in [2.75, 3.05) is 6.54 Å². The van der Waals surface area contributed by atoms with Crippen molar-refractivity contribution in [2.24, 2.45) is 5.14 Å². The number of amides is 1. The van der Waals surface area contributed by atoms with Gasteiger partial charge in [-0.2, -0.15) is 4.72 Å². The molecule has 0 saturated carbocycles. The second-order valence-corrected chi connectivity index (χ2v) is 10.8. The Morgan fingerprint density at radius 1 is 0.882 bits per heavy atom. The third kappa shape index (κ3) is 6.60. The molecule has 5 N–H and O–H groups in total. The molecule has 0 aromatic heterocycles. The van der Waals surface area contributed by atoms with Crippen LogP contribution in [0.15, 0.2) is 76.5 Å². The maximum absolute atomic E-state index is 12.8. The Bertz CT molecular complexity index is 1420. The van der Waals surface area contributed by atoms with Crippen LogP contribution in [-0.4, -0.2) is 46.4 Å². The highest BCUT2D eigenvalue weighted by molar-refractivity contribution is 7.89. The van der Waals surface area contributed by atoms with Crippen molar-refractivity contribution in [3.63, 3.8) is 0 Å². The van der Waals surface area contributed by atoms with Gasteiger partial charge in [-0.3, -0.25) is 9.59 Å². The molecule has 180 valence electrons. The minimum atomic E-state index is -4.18. The molecule has 0 unspecified atom stereocenters. The summed E-state index contributed by atoms with van der Waals surface area (Å²) in [6, 6.07) is 15.8. The monoisotopic (exact) mass is 505 g/mol. The van der Waals surface area contributed by atoms with E-state index >= 15 is 0 Å². The van der Waals surface area contributed by atoms with Gasteiger partial charge in [0.15, 0.2) is 0 Å². The van der Waals surface area contributed by atoms with Crippen molar-refractivity contribution >= 4 is 42.7 Å². The van der Waals surface area contributed by atoms with E-state index in [2.05, 4.69) is 10.0 Å². The number of primary sulfonamides is 1. The van der Waals surface area contributed by atoms with Gasteiger partial charge in [-0.25, -0.2) is 22.0 Å². The second kappa shape index (κ2) is 10.3. The number of sulfonamides is 2. The summed E-state index contributed by atoms with van der Waals surface area (Å²) in [4.78, 5) is 23.7. The highest BCUT2D eigenvalue weighted by Crippen LogP contribution is 2.19. The fraction of sp³-hybridized carbons (Fsp3) is 0.182. The van der Waals surface area contributed by atoms with Crippen LogP contribution < -0.4 is 15.2 Å². The van der Waals surface area contributed by atoms with E-state index in [1.54, 1.807) is 18.2 Å². The lowest BCUT2D eigenvalue weighted by Crippen LogP contribution is -2.48. The molecule has 0 aliphatic carbocycles. The maximum Gasteiger partial charge on any atom is 0.305 e. The minimum Gasteiger partial charge on any atom is -0.481 e. The number of fused-ring (bicyclic) bond motifs is 1. The van der Waals surface area contributed by atoms with E-state index in [4.69, 9.17) is 10.2 Å². The summed E-state index contributed by atoms with van der Waals surface area (Å²) in [6.45, 7) is 0.0708. The van der Waals surface area contributed by atoms with E-state index in [-0.39, 0.29) is 16.3 Å². The number of hydrogen-bond donors (Lipinski definition) is 4. The van der Waals surface area contributed by atoms with Gasteiger partial charge in [-0.05, 0) is 47.0 Å². The molecule has 0 spiro atoms. The van der Waals surface area contributed by atoms with E-state index in [1.807, 2.05) is 12.1 Å². The van der Waals surface area contributed by atoms with Crippen LogP contribution in [0.25, 0.3) is 10.8 Å². The number of benzene rings is 3. The van der Waals surface area contributed by atoms with E-state index in [9.17, 15) is 26.4 Å². The molecule has 34 heavy (non-hydrogen) atoms. The number of rotatable bonds is 10. The molecule has 0 saturated heterocycles. The summed E-state index contributed by atoms with van der Waals surface area (Å²) in [5, 5.41) is 18.2. The van der Waals surface area contributed by atoms with Gasteiger partial charge in [0.2, 0.25) is 26.0 Å². The molecular weight excluding hydrogens is 482 g/mol. The van der Waals surface area contributed by atoms with Crippen LogP contribution in [0.1, 0.15) is 12.0 Å². The first-order valence-corrected chi connectivity index (χ1v) is 13.1. The number of carboxylic acid groups (broad SMARTS) is 1. The Morgan fingerprint density at radius 3 is 2.12 bits per heavy atom. The van der Waals surface area contributed by atoms with Crippen molar-refractivity contribution in [1.82, 2.24) is 10.0 Å². The van der Waals surface area contributed by atoms with Gasteiger partial charge < -0.3 is 10.4 Å². The number of carboxylic acids is 1. The topological polar surface area (TPSA) is 173 Å². The van der Waals surface area contributed by atoms with Gasteiger partial charge in [-0.15, -0.1) is 0 Å². The fourth-order valence-corrected chi connectivity index (χ4v) is 5.00. The van der Waals surface area contributed by atoms with Gasteiger partial charge in [0.05, 0.1) is 16.2 Å². The number of carbonyl (C=O) groups is 2. The SMILES string of the molecule is NS(=O)(=O)c1ccc(CCNC(=O)[C@H](CC(=O)O)NS(=O)(=O)c2ccc3ccccc3c2)cc1. The van der Waals surface area contributed by atoms with E-state index in [0.29, 0.717) is 17.4 Å². The number of aliphatic carboxylic acids is 1. The zero-order valence-electron chi connectivity index (χ0n) is 17.8. The average Bonchev–Trinajstić information content (AvgIpc) is 2.77. The van der Waals surface area contributed by atoms with Crippen molar-refractivity contribution in [3.05, 3.63) is 72.3 Å². The lowest BCUT2D eigenvalue weighted by Gasteiger charge is -2.17.